The molecule has 1 aromatic heterocycles. The maximum Gasteiger partial charge on any atom is 0.225 e. The minimum absolute atomic E-state index is 0.203. The number of hydrogen-bond acceptors (Lipinski definition) is 5. The summed E-state index contributed by atoms with van der Waals surface area (Å²) in [6, 6.07) is 0.715. The molecule has 5 nitrogen and oxygen atoms in total. The van der Waals surface area contributed by atoms with E-state index in [9.17, 15) is 0 Å². The number of nitrogens with zero attached hydrogens (tertiary/aromatic N) is 4. The van der Waals surface area contributed by atoms with Crippen LogP contribution >= 0.6 is 0 Å². The van der Waals surface area contributed by atoms with Gasteiger partial charge in [-0.3, -0.25) is 0 Å². The molecule has 0 bridgehead atoms. The zero-order valence-electron chi connectivity index (χ0n) is 12.9. The van der Waals surface area contributed by atoms with Gasteiger partial charge in [0.2, 0.25) is 5.95 Å². The number of piperidine rings is 1. The largest absolute Gasteiger partial charge is 0.340 e. The van der Waals surface area contributed by atoms with Crippen molar-refractivity contribution in [2.45, 2.75) is 44.7 Å². The van der Waals surface area contributed by atoms with Gasteiger partial charge in [0.05, 0.1) is 0 Å². The van der Waals surface area contributed by atoms with Crippen molar-refractivity contribution in [3.8, 4) is 0 Å². The van der Waals surface area contributed by atoms with E-state index in [1.807, 2.05) is 12.4 Å². The van der Waals surface area contributed by atoms with Crippen LogP contribution in [0.25, 0.3) is 0 Å². The van der Waals surface area contributed by atoms with Crippen LogP contribution in [0.5, 0.6) is 0 Å². The van der Waals surface area contributed by atoms with E-state index in [2.05, 4.69) is 40.8 Å². The summed E-state index contributed by atoms with van der Waals surface area (Å²) in [6.45, 7) is 4.38. The Morgan fingerprint density at radius 1 is 1.45 bits per heavy atom. The van der Waals surface area contributed by atoms with Crippen LogP contribution in [0.4, 0.5) is 5.95 Å². The molecule has 5 heteroatoms. The molecule has 0 amide bonds. The third-order valence-corrected chi connectivity index (χ3v) is 4.18. The van der Waals surface area contributed by atoms with Gasteiger partial charge in [0, 0.05) is 38.1 Å². The topological polar surface area (TPSA) is 58.3 Å². The summed E-state index contributed by atoms with van der Waals surface area (Å²) in [7, 11) is 4.27. The summed E-state index contributed by atoms with van der Waals surface area (Å²) in [5.74, 6) is 0.819. The molecule has 0 radical (unpaired) electrons. The van der Waals surface area contributed by atoms with E-state index in [4.69, 9.17) is 5.73 Å². The zero-order valence-corrected chi connectivity index (χ0v) is 12.9. The lowest BCUT2D eigenvalue weighted by atomic mass is 10.1. The van der Waals surface area contributed by atoms with Crippen LogP contribution in [0.1, 0.15) is 31.7 Å². The number of anilines is 1. The Hall–Kier alpha value is -1.20. The van der Waals surface area contributed by atoms with Gasteiger partial charge in [-0.05, 0) is 44.8 Å². The monoisotopic (exact) mass is 277 g/mol. The Bertz CT molecular complexity index is 405. The Balaban J connectivity index is 1.98. The lowest BCUT2D eigenvalue weighted by Gasteiger charge is -2.35. The van der Waals surface area contributed by atoms with Crippen molar-refractivity contribution in [1.82, 2.24) is 14.9 Å². The number of nitrogens with two attached hydrogens (primary N) is 1. The molecular formula is C15H27N5. The molecule has 1 fully saturated rings. The lowest BCUT2D eigenvalue weighted by molar-refractivity contribution is 0.247. The Kier molecular flexibility index (Phi) is 5.31. The summed E-state index contributed by atoms with van der Waals surface area (Å²) in [5.41, 5.74) is 7.09. The average Bonchev–Trinajstić information content (AvgIpc) is 2.47. The Morgan fingerprint density at radius 2 is 2.15 bits per heavy atom. The summed E-state index contributed by atoms with van der Waals surface area (Å²) < 4.78 is 0. The van der Waals surface area contributed by atoms with Crippen molar-refractivity contribution in [3.05, 3.63) is 18.0 Å². The van der Waals surface area contributed by atoms with E-state index in [0.717, 1.165) is 30.9 Å². The molecule has 112 valence electrons. The summed E-state index contributed by atoms with van der Waals surface area (Å²) >= 11 is 0. The van der Waals surface area contributed by atoms with Crippen molar-refractivity contribution in [2.75, 3.05) is 32.1 Å². The smallest absolute Gasteiger partial charge is 0.225 e. The van der Waals surface area contributed by atoms with E-state index in [1.54, 1.807) is 0 Å². The minimum atomic E-state index is 0.203. The first-order valence-corrected chi connectivity index (χ1v) is 7.58. The molecule has 0 spiro atoms. The predicted octanol–water partition coefficient (Wildman–Crippen LogP) is 1.29. The molecule has 1 aliphatic rings. The summed E-state index contributed by atoms with van der Waals surface area (Å²) in [6.07, 6.45) is 8.13. The molecule has 2 rings (SSSR count). The molecule has 2 N–H and O–H groups in total. The van der Waals surface area contributed by atoms with Crippen LogP contribution in [0, 0.1) is 0 Å². The van der Waals surface area contributed by atoms with Crippen molar-refractivity contribution < 1.29 is 0 Å². The van der Waals surface area contributed by atoms with Crippen LogP contribution in [0.2, 0.25) is 0 Å². The first-order valence-electron chi connectivity index (χ1n) is 7.58. The number of rotatable bonds is 5. The van der Waals surface area contributed by atoms with Crippen LogP contribution in [0.15, 0.2) is 12.4 Å². The fourth-order valence-electron chi connectivity index (χ4n) is 2.70. The van der Waals surface area contributed by atoms with E-state index >= 15 is 0 Å². The lowest BCUT2D eigenvalue weighted by Crippen LogP contribution is -2.45. The molecule has 1 saturated heterocycles. The molecule has 0 saturated carbocycles. The van der Waals surface area contributed by atoms with E-state index in [0.29, 0.717) is 6.04 Å². The first kappa shape index (κ1) is 15.2. The van der Waals surface area contributed by atoms with Gasteiger partial charge in [-0.2, -0.15) is 0 Å². The minimum Gasteiger partial charge on any atom is -0.340 e. The fourth-order valence-corrected chi connectivity index (χ4v) is 2.70. The third-order valence-electron chi connectivity index (χ3n) is 4.18. The van der Waals surface area contributed by atoms with Gasteiger partial charge < -0.3 is 15.5 Å². The van der Waals surface area contributed by atoms with Crippen molar-refractivity contribution in [2.24, 2.45) is 5.73 Å². The quantitative estimate of drug-likeness (QED) is 0.879. The van der Waals surface area contributed by atoms with E-state index < -0.39 is 0 Å². The Morgan fingerprint density at radius 3 is 2.75 bits per heavy atom. The van der Waals surface area contributed by atoms with Gasteiger partial charge in [-0.15, -0.1) is 0 Å². The van der Waals surface area contributed by atoms with Crippen LogP contribution < -0.4 is 10.6 Å². The molecule has 20 heavy (non-hydrogen) atoms. The Labute approximate surface area is 122 Å². The van der Waals surface area contributed by atoms with E-state index in [1.165, 1.54) is 19.4 Å². The molecule has 2 heterocycles. The average molecular weight is 277 g/mol. The highest BCUT2D eigenvalue weighted by atomic mass is 15.3. The number of aromatic nitrogens is 2. The molecular weight excluding hydrogens is 250 g/mol. The van der Waals surface area contributed by atoms with Crippen LogP contribution in [-0.2, 0) is 6.42 Å². The zero-order chi connectivity index (χ0) is 14.5. The highest BCUT2D eigenvalue weighted by Gasteiger charge is 2.22. The molecule has 0 aliphatic carbocycles. The SMILES string of the molecule is CCC(N)Cc1cnc(N(C)C2CCCN(C)C2)nc1. The van der Waals surface area contributed by atoms with E-state index in [-0.39, 0.29) is 6.04 Å². The normalized spacial score (nSPS) is 21.7. The van der Waals surface area contributed by atoms with Gasteiger partial charge in [0.1, 0.15) is 0 Å². The molecule has 2 atom stereocenters. The molecule has 0 aromatic carbocycles. The van der Waals surface area contributed by atoms with Crippen LogP contribution in [0.3, 0.4) is 0 Å². The number of likely N-dealkylation sites (N-methyl/N-ethyl adjacent to an activating group) is 2. The predicted molar refractivity (Wildman–Crippen MR) is 82.9 cm³/mol. The molecule has 1 aliphatic heterocycles. The van der Waals surface area contributed by atoms with Gasteiger partial charge in [0.25, 0.3) is 0 Å². The van der Waals surface area contributed by atoms with Gasteiger partial charge in [-0.25, -0.2) is 9.97 Å². The standard InChI is InChI=1S/C15H27N5/c1-4-13(16)8-12-9-17-15(18-10-12)20(3)14-6-5-7-19(2)11-14/h9-10,13-14H,4-8,11,16H2,1-3H3. The highest BCUT2D eigenvalue weighted by molar-refractivity contribution is 5.30. The molecule has 1 aromatic rings. The first-order chi connectivity index (χ1) is 9.60. The number of likely N-dealkylation sites (tertiary alicyclic amines) is 1. The van der Waals surface area contributed by atoms with Gasteiger partial charge in [0.15, 0.2) is 0 Å². The summed E-state index contributed by atoms with van der Waals surface area (Å²) in [4.78, 5) is 13.6. The number of hydrogen-bond donors (Lipinski definition) is 1. The second kappa shape index (κ2) is 6.99. The maximum atomic E-state index is 5.96. The second-order valence-corrected chi connectivity index (χ2v) is 5.93. The molecule has 2 unspecified atom stereocenters. The van der Waals surface area contributed by atoms with Crippen molar-refractivity contribution in [3.63, 3.8) is 0 Å². The second-order valence-electron chi connectivity index (χ2n) is 5.93. The van der Waals surface area contributed by atoms with Crippen molar-refractivity contribution >= 4 is 5.95 Å². The third kappa shape index (κ3) is 3.90. The highest BCUT2D eigenvalue weighted by Crippen LogP contribution is 2.17. The summed E-state index contributed by atoms with van der Waals surface area (Å²) in [5, 5.41) is 0. The van der Waals surface area contributed by atoms with Crippen LogP contribution in [-0.4, -0.2) is 54.1 Å². The van der Waals surface area contributed by atoms with Gasteiger partial charge in [-0.1, -0.05) is 6.92 Å². The van der Waals surface area contributed by atoms with Crippen molar-refractivity contribution in [1.29, 1.82) is 0 Å². The maximum absolute atomic E-state index is 5.96. The van der Waals surface area contributed by atoms with Gasteiger partial charge >= 0.3 is 0 Å². The fraction of sp³-hybridized carbons (Fsp3) is 0.733.